The molecular formula is C6H3F7O2S. The van der Waals surface area contributed by atoms with E-state index in [0.29, 0.717) is 0 Å². The van der Waals surface area contributed by atoms with Gasteiger partial charge in [0.25, 0.3) is 22.3 Å². The summed E-state index contributed by atoms with van der Waals surface area (Å²) in [4.78, 5) is -2.19. The van der Waals surface area contributed by atoms with E-state index in [9.17, 15) is 39.2 Å². The third kappa shape index (κ3) is 3.83. The molecule has 0 fully saturated rings. The quantitative estimate of drug-likeness (QED) is 0.584. The number of hydrogen-bond donors (Lipinski definition) is 0. The monoisotopic (exact) mass is 272 g/mol. The fourth-order valence-corrected chi connectivity index (χ4v) is 1.37. The highest BCUT2D eigenvalue weighted by Crippen LogP contribution is 2.31. The maximum absolute atomic E-state index is 11.8. The van der Waals surface area contributed by atoms with Gasteiger partial charge in [-0.15, -0.1) is 0 Å². The summed E-state index contributed by atoms with van der Waals surface area (Å²) in [7, 11) is -6.20. The molecule has 0 aliphatic heterocycles. The Hall–Kier alpha value is -1.06. The first kappa shape index (κ1) is 14.9. The maximum atomic E-state index is 11.8. The van der Waals surface area contributed by atoms with Gasteiger partial charge in [-0.3, -0.25) is 0 Å². The smallest absolute Gasteiger partial charge is 0.214 e. The second-order valence-electron chi connectivity index (χ2n) is 2.29. The molecule has 0 radical (unpaired) electrons. The molecule has 0 bridgehead atoms. The number of alkyl halides is 5. The fraction of sp³-hybridized carbons (Fsp3) is 0.333. The molecule has 0 unspecified atom stereocenters. The molecule has 2 nitrogen and oxygen atoms in total. The van der Waals surface area contributed by atoms with Gasteiger partial charge in [-0.05, 0) is 0 Å². The van der Waals surface area contributed by atoms with Crippen molar-refractivity contribution in [3.63, 3.8) is 0 Å². The third-order valence-corrected chi connectivity index (χ3v) is 2.64. The molecule has 0 aliphatic carbocycles. The minimum absolute atomic E-state index is 0.720. The van der Waals surface area contributed by atoms with Crippen LogP contribution in [0.25, 0.3) is 0 Å². The van der Waals surface area contributed by atoms with Gasteiger partial charge in [0.2, 0.25) is 0 Å². The summed E-state index contributed by atoms with van der Waals surface area (Å²) < 4.78 is 103. The standard InChI is InChI=1S/C6H3F7O2S/c7-4(8)1-3(2-5(9)10)16(14,15)6(11,12)13/h1-2,4H/b3-1+. The lowest BCUT2D eigenvalue weighted by molar-refractivity contribution is -0.0426. The van der Waals surface area contributed by atoms with Crippen molar-refractivity contribution in [1.82, 2.24) is 0 Å². The van der Waals surface area contributed by atoms with Crippen molar-refractivity contribution in [2.75, 3.05) is 0 Å². The van der Waals surface area contributed by atoms with Crippen LogP contribution < -0.4 is 0 Å². The summed E-state index contributed by atoms with van der Waals surface area (Å²) in [6.07, 6.45) is -7.95. The molecular weight excluding hydrogens is 269 g/mol. The predicted octanol–water partition coefficient (Wildman–Crippen LogP) is 2.85. The zero-order valence-corrected chi connectivity index (χ0v) is 7.92. The first-order chi connectivity index (χ1) is 6.98. The Labute approximate surface area is 85.0 Å². The number of sulfone groups is 1. The molecule has 0 aromatic rings. The van der Waals surface area contributed by atoms with Gasteiger partial charge >= 0.3 is 5.51 Å². The van der Waals surface area contributed by atoms with Crippen LogP contribution in [0, 0.1) is 0 Å². The Bertz CT molecular complexity index is 399. The predicted molar refractivity (Wildman–Crippen MR) is 39.4 cm³/mol. The molecule has 94 valence electrons. The van der Waals surface area contributed by atoms with Crippen molar-refractivity contribution in [1.29, 1.82) is 0 Å². The van der Waals surface area contributed by atoms with Crippen LogP contribution in [-0.2, 0) is 9.84 Å². The lowest BCUT2D eigenvalue weighted by Gasteiger charge is -2.08. The molecule has 0 spiro atoms. The van der Waals surface area contributed by atoms with Crippen LogP contribution in [0.3, 0.4) is 0 Å². The Balaban J connectivity index is 5.67. The summed E-state index contributed by atoms with van der Waals surface area (Å²) >= 11 is 0. The van der Waals surface area contributed by atoms with E-state index in [1.165, 1.54) is 0 Å². The fourth-order valence-electron chi connectivity index (χ4n) is 0.581. The summed E-state index contributed by atoms with van der Waals surface area (Å²) in [5, 5.41) is 0. The summed E-state index contributed by atoms with van der Waals surface area (Å²) in [6, 6.07) is 0. The van der Waals surface area contributed by atoms with Crippen LogP contribution in [0.4, 0.5) is 30.7 Å². The Morgan fingerprint density at radius 1 is 1.12 bits per heavy atom. The lowest BCUT2D eigenvalue weighted by Crippen LogP contribution is -2.24. The molecule has 0 N–H and O–H groups in total. The van der Waals surface area contributed by atoms with Crippen LogP contribution >= 0.6 is 0 Å². The molecule has 0 aromatic carbocycles. The van der Waals surface area contributed by atoms with E-state index in [2.05, 4.69) is 0 Å². The van der Waals surface area contributed by atoms with Gasteiger partial charge in [0.1, 0.15) is 0 Å². The van der Waals surface area contributed by atoms with Crippen molar-refractivity contribution in [3.05, 3.63) is 23.1 Å². The van der Waals surface area contributed by atoms with Gasteiger partial charge in [0, 0.05) is 12.2 Å². The number of halogens is 7. The first-order valence-corrected chi connectivity index (χ1v) is 4.81. The molecule has 0 aliphatic rings. The lowest BCUT2D eigenvalue weighted by atomic mass is 10.5. The number of rotatable bonds is 3. The molecule has 0 heterocycles. The molecule has 10 heteroatoms. The second kappa shape index (κ2) is 4.85. The van der Waals surface area contributed by atoms with E-state index >= 15 is 0 Å². The van der Waals surface area contributed by atoms with Gasteiger partial charge in [0.15, 0.2) is 0 Å². The van der Waals surface area contributed by atoms with E-state index in [1.54, 1.807) is 0 Å². The van der Waals surface area contributed by atoms with Crippen molar-refractivity contribution in [3.8, 4) is 0 Å². The van der Waals surface area contributed by atoms with E-state index in [-0.39, 0.29) is 0 Å². The van der Waals surface area contributed by atoms with Gasteiger partial charge in [-0.25, -0.2) is 17.2 Å². The topological polar surface area (TPSA) is 34.1 Å². The summed E-state index contributed by atoms with van der Waals surface area (Å²) in [5.41, 5.74) is -5.92. The van der Waals surface area contributed by atoms with Gasteiger partial charge in [-0.2, -0.15) is 22.0 Å². The molecule has 0 rings (SSSR count). The average Bonchev–Trinajstić information content (AvgIpc) is 1.98. The Morgan fingerprint density at radius 2 is 1.56 bits per heavy atom. The molecule has 0 atom stereocenters. The minimum atomic E-state index is -6.20. The molecule has 0 aromatic heterocycles. The number of hydrogen-bond acceptors (Lipinski definition) is 2. The Morgan fingerprint density at radius 3 is 1.81 bits per heavy atom. The average molecular weight is 272 g/mol. The molecule has 16 heavy (non-hydrogen) atoms. The summed E-state index contributed by atoms with van der Waals surface area (Å²) in [5.74, 6) is 0. The van der Waals surface area contributed by atoms with E-state index < -0.39 is 44.9 Å². The zero-order chi connectivity index (χ0) is 13.1. The van der Waals surface area contributed by atoms with Gasteiger partial charge in [0.05, 0.1) is 4.91 Å². The van der Waals surface area contributed by atoms with Gasteiger partial charge < -0.3 is 0 Å². The zero-order valence-electron chi connectivity index (χ0n) is 7.10. The molecule has 0 amide bonds. The van der Waals surface area contributed by atoms with Crippen LogP contribution in [0.5, 0.6) is 0 Å². The largest absolute Gasteiger partial charge is 0.501 e. The Kier molecular flexibility index (Phi) is 4.53. The van der Waals surface area contributed by atoms with Crippen LogP contribution in [0.1, 0.15) is 0 Å². The molecule has 0 saturated heterocycles. The summed E-state index contributed by atoms with van der Waals surface area (Å²) in [6.45, 7) is 0. The second-order valence-corrected chi connectivity index (χ2v) is 4.23. The SMILES string of the molecule is O=S(=O)(/C(C=C(F)F)=C/C(F)F)C(F)(F)F. The normalized spacial score (nSPS) is 14.1. The highest BCUT2D eigenvalue weighted by atomic mass is 32.2. The van der Waals surface area contributed by atoms with Crippen LogP contribution in [0.15, 0.2) is 23.1 Å². The van der Waals surface area contributed by atoms with Crippen molar-refractivity contribution in [2.45, 2.75) is 11.9 Å². The molecule has 0 saturated carbocycles. The van der Waals surface area contributed by atoms with Gasteiger partial charge in [-0.1, -0.05) is 0 Å². The van der Waals surface area contributed by atoms with E-state index in [1.807, 2.05) is 0 Å². The number of allylic oxidation sites excluding steroid dienone is 2. The van der Waals surface area contributed by atoms with Crippen molar-refractivity contribution >= 4 is 9.84 Å². The minimum Gasteiger partial charge on any atom is -0.214 e. The van der Waals surface area contributed by atoms with E-state index in [4.69, 9.17) is 0 Å². The van der Waals surface area contributed by atoms with E-state index in [0.717, 1.165) is 0 Å². The van der Waals surface area contributed by atoms with Crippen LogP contribution in [-0.4, -0.2) is 20.4 Å². The van der Waals surface area contributed by atoms with Crippen molar-refractivity contribution in [2.24, 2.45) is 0 Å². The van der Waals surface area contributed by atoms with Crippen molar-refractivity contribution < 1.29 is 39.2 Å². The highest BCUT2D eigenvalue weighted by Gasteiger charge is 2.48. The van der Waals surface area contributed by atoms with Crippen LogP contribution in [0.2, 0.25) is 0 Å². The highest BCUT2D eigenvalue weighted by molar-refractivity contribution is 7.96. The third-order valence-electron chi connectivity index (χ3n) is 1.16. The first-order valence-electron chi connectivity index (χ1n) is 3.32. The maximum Gasteiger partial charge on any atom is 0.501 e.